The van der Waals surface area contributed by atoms with Gasteiger partial charge >= 0.3 is 0 Å². The third-order valence-corrected chi connectivity index (χ3v) is 6.86. The summed E-state index contributed by atoms with van der Waals surface area (Å²) in [7, 11) is 0. The normalized spacial score (nSPS) is 16.0. The molecule has 0 bridgehead atoms. The monoisotopic (exact) mass is 421 g/mol. The molecule has 1 fully saturated rings. The summed E-state index contributed by atoms with van der Waals surface area (Å²) >= 11 is 1.74. The second-order valence-electron chi connectivity index (χ2n) is 7.86. The lowest BCUT2D eigenvalue weighted by Crippen LogP contribution is -2.42. The molecule has 0 spiro atoms. The van der Waals surface area contributed by atoms with Gasteiger partial charge in [0.2, 0.25) is 0 Å². The summed E-state index contributed by atoms with van der Waals surface area (Å²) in [4.78, 5) is 16.1. The Bertz CT molecular complexity index is 1040. The predicted octanol–water partition coefficient (Wildman–Crippen LogP) is 4.43. The van der Waals surface area contributed by atoms with Crippen molar-refractivity contribution in [1.82, 2.24) is 4.90 Å². The molecule has 0 aromatic heterocycles. The molecule has 1 aliphatic heterocycles. The summed E-state index contributed by atoms with van der Waals surface area (Å²) in [6.45, 7) is 1.01. The molecule has 1 heterocycles. The Balaban J connectivity index is 1.54. The second kappa shape index (κ2) is 9.21. The van der Waals surface area contributed by atoms with Crippen LogP contribution in [0.3, 0.4) is 0 Å². The molecule has 0 aliphatic carbocycles. The van der Waals surface area contributed by atoms with Gasteiger partial charge in [0.1, 0.15) is 0 Å². The summed E-state index contributed by atoms with van der Waals surface area (Å²) in [5, 5.41) is 21.1. The molecule has 3 aromatic carbocycles. The van der Waals surface area contributed by atoms with Crippen molar-refractivity contribution in [3.05, 3.63) is 66.2 Å². The van der Waals surface area contributed by atoms with Gasteiger partial charge in [0.15, 0.2) is 0 Å². The van der Waals surface area contributed by atoms with Gasteiger partial charge in [-0.2, -0.15) is 0 Å². The van der Waals surface area contributed by atoms with Crippen LogP contribution in [0.15, 0.2) is 65.6 Å². The van der Waals surface area contributed by atoms with Crippen molar-refractivity contribution >= 4 is 28.4 Å². The minimum atomic E-state index is -0.687. The van der Waals surface area contributed by atoms with Gasteiger partial charge in [-0.25, -0.2) is 0 Å². The van der Waals surface area contributed by atoms with Crippen LogP contribution in [-0.4, -0.2) is 53.1 Å². The van der Waals surface area contributed by atoms with Crippen LogP contribution >= 0.6 is 11.8 Å². The lowest BCUT2D eigenvalue weighted by atomic mass is 9.91. The Morgan fingerprint density at radius 3 is 2.50 bits per heavy atom. The number of nitrogens with zero attached hydrogens (tertiary/aromatic N) is 1. The van der Waals surface area contributed by atoms with E-state index in [9.17, 15) is 9.90 Å². The van der Waals surface area contributed by atoms with Crippen LogP contribution < -0.4 is 0 Å². The molecule has 0 saturated carbocycles. The van der Waals surface area contributed by atoms with Gasteiger partial charge in [0.25, 0.3) is 5.91 Å². The molecular weight excluding hydrogens is 394 g/mol. The summed E-state index contributed by atoms with van der Waals surface area (Å²) in [5.41, 5.74) is 3.09. The standard InChI is InChI=1S/C25H27NO3S/c1-30-24-5-3-2-4-22(24)20-8-6-19-15-21(9-7-18(19)14-20)25(29)26-12-10-17(11-13-26)23(28)16-27/h2-9,14-15,17,23,27-28H,10-13,16H2,1H3. The minimum absolute atomic E-state index is 0.0330. The minimum Gasteiger partial charge on any atom is -0.394 e. The lowest BCUT2D eigenvalue weighted by molar-refractivity contribution is 0.0179. The van der Waals surface area contributed by atoms with Gasteiger partial charge in [-0.15, -0.1) is 11.8 Å². The number of carbonyl (C=O) groups is 1. The highest BCUT2D eigenvalue weighted by Crippen LogP contribution is 2.32. The highest BCUT2D eigenvalue weighted by atomic mass is 32.2. The van der Waals surface area contributed by atoms with E-state index in [0.717, 1.165) is 23.6 Å². The van der Waals surface area contributed by atoms with Crippen molar-refractivity contribution in [1.29, 1.82) is 0 Å². The molecule has 3 aromatic rings. The van der Waals surface area contributed by atoms with E-state index in [1.54, 1.807) is 11.8 Å². The highest BCUT2D eigenvalue weighted by Gasteiger charge is 2.27. The fourth-order valence-electron chi connectivity index (χ4n) is 4.25. The fourth-order valence-corrected chi connectivity index (χ4v) is 4.87. The number of fused-ring (bicyclic) bond motifs is 1. The first-order valence-corrected chi connectivity index (χ1v) is 11.6. The lowest BCUT2D eigenvalue weighted by Gasteiger charge is -2.33. The summed E-state index contributed by atoms with van der Waals surface area (Å²) in [5.74, 6) is 0.101. The van der Waals surface area contributed by atoms with Gasteiger partial charge in [-0.1, -0.05) is 36.4 Å². The summed E-state index contributed by atoms with van der Waals surface area (Å²) in [6.07, 6.45) is 2.84. The van der Waals surface area contributed by atoms with Crippen molar-refractivity contribution in [2.75, 3.05) is 26.0 Å². The van der Waals surface area contributed by atoms with Crippen LogP contribution in [0.25, 0.3) is 21.9 Å². The Kier molecular flexibility index (Phi) is 6.42. The molecule has 4 rings (SSSR count). The molecule has 2 N–H and O–H groups in total. The third-order valence-electron chi connectivity index (χ3n) is 6.06. The Labute approximate surface area is 181 Å². The number of amides is 1. The average Bonchev–Trinajstić information content (AvgIpc) is 2.82. The predicted molar refractivity (Wildman–Crippen MR) is 123 cm³/mol. The van der Waals surface area contributed by atoms with E-state index < -0.39 is 6.10 Å². The zero-order valence-electron chi connectivity index (χ0n) is 17.1. The first-order chi connectivity index (χ1) is 14.6. The zero-order chi connectivity index (χ0) is 21.1. The van der Waals surface area contributed by atoms with Crippen LogP contribution in [0.1, 0.15) is 23.2 Å². The molecule has 1 unspecified atom stereocenters. The van der Waals surface area contributed by atoms with Crippen molar-refractivity contribution in [3.8, 4) is 11.1 Å². The first-order valence-electron chi connectivity index (χ1n) is 10.4. The number of hydrogen-bond donors (Lipinski definition) is 2. The van der Waals surface area contributed by atoms with Crippen LogP contribution in [0.4, 0.5) is 0 Å². The SMILES string of the molecule is CSc1ccccc1-c1ccc2cc(C(=O)N3CCC(C(O)CO)CC3)ccc2c1. The Morgan fingerprint density at radius 1 is 1.07 bits per heavy atom. The third kappa shape index (κ3) is 4.24. The molecule has 156 valence electrons. The van der Waals surface area contributed by atoms with Crippen molar-refractivity contribution in [3.63, 3.8) is 0 Å². The number of likely N-dealkylation sites (tertiary alicyclic amines) is 1. The number of piperidine rings is 1. The molecule has 1 saturated heterocycles. The topological polar surface area (TPSA) is 60.8 Å². The molecule has 1 aliphatic rings. The molecule has 1 amide bonds. The molecule has 0 radical (unpaired) electrons. The largest absolute Gasteiger partial charge is 0.394 e. The van der Waals surface area contributed by atoms with Crippen LogP contribution in [-0.2, 0) is 0 Å². The van der Waals surface area contributed by atoms with Crippen molar-refractivity contribution < 1.29 is 15.0 Å². The Hall–Kier alpha value is -2.34. The number of benzene rings is 3. The summed E-state index contributed by atoms with van der Waals surface area (Å²) in [6, 6.07) is 20.7. The van der Waals surface area contributed by atoms with E-state index in [1.165, 1.54) is 16.0 Å². The maximum atomic E-state index is 13.0. The maximum absolute atomic E-state index is 13.0. The smallest absolute Gasteiger partial charge is 0.253 e. The quantitative estimate of drug-likeness (QED) is 0.598. The van der Waals surface area contributed by atoms with Gasteiger partial charge in [0, 0.05) is 23.5 Å². The van der Waals surface area contributed by atoms with Gasteiger partial charge < -0.3 is 15.1 Å². The molecule has 4 nitrogen and oxygen atoms in total. The highest BCUT2D eigenvalue weighted by molar-refractivity contribution is 7.98. The van der Waals surface area contributed by atoms with Crippen LogP contribution in [0.2, 0.25) is 0 Å². The van der Waals surface area contributed by atoms with E-state index in [0.29, 0.717) is 18.7 Å². The summed E-state index contributed by atoms with van der Waals surface area (Å²) < 4.78 is 0. The van der Waals surface area contributed by atoms with Gasteiger partial charge in [-0.3, -0.25) is 4.79 Å². The fraction of sp³-hybridized carbons (Fsp3) is 0.320. The number of thioether (sulfide) groups is 1. The van der Waals surface area contributed by atoms with E-state index in [-0.39, 0.29) is 18.4 Å². The molecular formula is C25H27NO3S. The molecule has 5 heteroatoms. The average molecular weight is 422 g/mol. The van der Waals surface area contributed by atoms with Gasteiger partial charge in [0.05, 0.1) is 12.7 Å². The van der Waals surface area contributed by atoms with E-state index in [2.05, 4.69) is 48.7 Å². The van der Waals surface area contributed by atoms with Crippen LogP contribution in [0.5, 0.6) is 0 Å². The van der Waals surface area contributed by atoms with Crippen LogP contribution in [0, 0.1) is 5.92 Å². The number of aliphatic hydroxyl groups is 2. The van der Waals surface area contributed by atoms with E-state index in [1.807, 2.05) is 23.1 Å². The van der Waals surface area contributed by atoms with E-state index >= 15 is 0 Å². The number of aliphatic hydroxyl groups excluding tert-OH is 2. The maximum Gasteiger partial charge on any atom is 0.253 e. The number of rotatable bonds is 5. The van der Waals surface area contributed by atoms with E-state index in [4.69, 9.17) is 5.11 Å². The number of carbonyl (C=O) groups excluding carboxylic acids is 1. The van der Waals surface area contributed by atoms with Crippen molar-refractivity contribution in [2.45, 2.75) is 23.8 Å². The molecule has 1 atom stereocenters. The van der Waals surface area contributed by atoms with Crippen molar-refractivity contribution in [2.24, 2.45) is 5.92 Å². The first kappa shape index (κ1) is 20.9. The number of hydrogen-bond acceptors (Lipinski definition) is 4. The van der Waals surface area contributed by atoms with Gasteiger partial charge in [-0.05, 0) is 71.2 Å². The molecule has 30 heavy (non-hydrogen) atoms. The zero-order valence-corrected chi connectivity index (χ0v) is 17.9. The Morgan fingerprint density at radius 2 is 1.77 bits per heavy atom. The second-order valence-corrected chi connectivity index (χ2v) is 8.70.